The third kappa shape index (κ3) is 33.9. The van der Waals surface area contributed by atoms with Crippen LogP contribution in [0.4, 0.5) is 16.2 Å². The Balaban J connectivity index is 0.775. The molecule has 8 rings (SSSR count). The fourth-order valence-corrected chi connectivity index (χ4v) is 18.3. The van der Waals surface area contributed by atoms with Crippen LogP contribution in [0.25, 0.3) is 0 Å². The Morgan fingerprint density at radius 2 is 1.02 bits per heavy atom. The van der Waals surface area contributed by atoms with E-state index in [4.69, 9.17) is 14.6 Å². The number of carboxylic acids is 5. The van der Waals surface area contributed by atoms with E-state index in [1.165, 1.54) is 58.3 Å². The van der Waals surface area contributed by atoms with Gasteiger partial charge in [-0.15, -0.1) is 0 Å². The first-order valence-electron chi connectivity index (χ1n) is 43.8. The number of rotatable bonds is 57. The largest absolute Gasteiger partial charge is 0.508 e. The summed E-state index contributed by atoms with van der Waals surface area (Å²) in [6.07, 6.45) is 12.4. The monoisotopic (exact) mass is 1950 g/mol. The maximum atomic E-state index is 13.1. The third-order valence-electron chi connectivity index (χ3n) is 23.2. The van der Waals surface area contributed by atoms with E-state index in [0.29, 0.717) is 115 Å². The number of phenolic OH excluding ortho intramolecular Hbond substituents is 2. The summed E-state index contributed by atoms with van der Waals surface area (Å²) >= 11 is 0. The number of aliphatic carboxylic acids is 5. The molecule has 0 saturated carbocycles. The molecule has 2 heterocycles. The van der Waals surface area contributed by atoms with Crippen LogP contribution in [0.15, 0.2) is 158 Å². The van der Waals surface area contributed by atoms with Gasteiger partial charge < -0.3 is 76.7 Å². The molecule has 0 spiro atoms. The predicted molar refractivity (Wildman–Crippen MR) is 491 cm³/mol. The van der Waals surface area contributed by atoms with Gasteiger partial charge >= 0.3 is 35.9 Å². The Bertz CT molecular complexity index is 5740. The van der Waals surface area contributed by atoms with Crippen LogP contribution in [-0.2, 0) is 131 Å². The normalized spacial score (nSPS) is 15.4. The van der Waals surface area contributed by atoms with Crippen molar-refractivity contribution >= 4 is 111 Å². The molecule has 39 nitrogen and oxygen atoms in total. The van der Waals surface area contributed by atoms with Gasteiger partial charge in [-0.2, -0.15) is 38.2 Å². The lowest BCUT2D eigenvalue weighted by Crippen LogP contribution is -2.51. The van der Waals surface area contributed by atoms with Crippen molar-refractivity contribution in [3.63, 3.8) is 0 Å². The highest BCUT2D eigenvalue weighted by Crippen LogP contribution is 2.50. The van der Waals surface area contributed by atoms with Gasteiger partial charge in [-0.3, -0.25) is 56.8 Å². The molecule has 134 heavy (non-hydrogen) atoms. The first-order valence-corrected chi connectivity index (χ1v) is 49.7. The third-order valence-corrected chi connectivity index (χ3v) is 26.6. The number of anilines is 1. The maximum Gasteiger partial charge on any atom is 0.326 e. The Morgan fingerprint density at radius 1 is 0.507 bits per heavy atom. The highest BCUT2D eigenvalue weighted by atomic mass is 32.2. The average Bonchev–Trinajstić information content (AvgIpc) is 1.59. The molecule has 5 aromatic carbocycles. The quantitative estimate of drug-likeness (QED) is 0.00995. The zero-order chi connectivity index (χ0) is 98.5. The smallest absolute Gasteiger partial charge is 0.326 e. The number of carboxylic acid groups (broad SMARTS) is 5. The van der Waals surface area contributed by atoms with Crippen LogP contribution >= 0.6 is 0 Å². The molecular weight excluding hydrogens is 1830 g/mol. The zero-order valence-electron chi connectivity index (χ0n) is 75.0. The summed E-state index contributed by atoms with van der Waals surface area (Å²) in [4.78, 5) is 114. The summed E-state index contributed by atoms with van der Waals surface area (Å²) in [6.45, 7) is 8.49. The molecular formula is C91H120N9O30S4+. The van der Waals surface area contributed by atoms with E-state index < -0.39 is 131 Å². The van der Waals surface area contributed by atoms with Crippen molar-refractivity contribution in [3.8, 4) is 11.5 Å². The van der Waals surface area contributed by atoms with Crippen LogP contribution in [0.3, 0.4) is 0 Å². The molecule has 0 radical (unpaired) electrons. The number of fused-ring (bicyclic) bond motifs is 2. The minimum absolute atomic E-state index is 0.00695. The van der Waals surface area contributed by atoms with E-state index in [2.05, 4.69) is 31.2 Å². The molecule has 0 saturated heterocycles. The van der Waals surface area contributed by atoms with Crippen LogP contribution < -0.4 is 31.5 Å². The predicted octanol–water partition coefficient (Wildman–Crippen LogP) is 7.99. The van der Waals surface area contributed by atoms with Gasteiger partial charge in [-0.05, 0) is 203 Å². The number of nitrogens with one attached hydrogen (secondary N) is 5. The second kappa shape index (κ2) is 49.7. The Labute approximate surface area is 778 Å². The lowest BCUT2D eigenvalue weighted by Gasteiger charge is -2.28. The van der Waals surface area contributed by atoms with Gasteiger partial charge in [0.25, 0.3) is 40.5 Å². The summed E-state index contributed by atoms with van der Waals surface area (Å²) in [6, 6.07) is 19.8. The van der Waals surface area contributed by atoms with E-state index in [1.807, 2.05) is 56.9 Å². The number of aryl methyl sites for hydroxylation is 2. The van der Waals surface area contributed by atoms with Gasteiger partial charge in [0.15, 0.2) is 5.71 Å². The molecule has 5 amide bonds. The number of hydrogen-bond acceptors (Lipinski definition) is 24. The molecule has 1 aliphatic carbocycles. The highest BCUT2D eigenvalue weighted by molar-refractivity contribution is 7.86. The van der Waals surface area contributed by atoms with E-state index in [-0.39, 0.29) is 174 Å². The van der Waals surface area contributed by atoms with Crippen LogP contribution in [0.1, 0.15) is 169 Å². The van der Waals surface area contributed by atoms with E-state index >= 15 is 0 Å². The molecule has 0 unspecified atom stereocenters. The second-order valence-corrected chi connectivity index (χ2v) is 39.9. The summed E-state index contributed by atoms with van der Waals surface area (Å²) in [5, 5.41) is 81.9. The van der Waals surface area contributed by atoms with Crippen LogP contribution in [0, 0.1) is 0 Å². The second-order valence-electron chi connectivity index (χ2n) is 34.0. The number of hydrogen-bond donors (Lipinski definition) is 16. The van der Waals surface area contributed by atoms with Crippen molar-refractivity contribution in [1.29, 1.82) is 0 Å². The van der Waals surface area contributed by atoms with E-state index in [0.717, 1.165) is 28.1 Å². The molecule has 2 atom stereocenters. The number of nitrogens with zero attached hydrogens (tertiary/aromatic N) is 4. The Morgan fingerprint density at radius 3 is 1.55 bits per heavy atom. The van der Waals surface area contributed by atoms with E-state index in [9.17, 15) is 126 Å². The SMILES string of the molecule is CC1(C)C(/C=C/C2=C(Cc3ccc(S(=O)(=O)O)cc3)C(=C/C=C3/N(CCCCS(=O)(=O)O)c4ccc(S(=O)(=O)O)cc4C3(C)C)/CCC2)=[N+](CCCCCC(=O)NCCOCCOCCNC(=O)CCc2ccc(O)c(CN(CCN(CC(=O)O)Cc3cc(CCC(=O)NCCCC[C@H](NC(=O)N[C@@H](CCC(=O)O)C(=O)O)C(=O)O)ccc3O)CC(=O)O)c2)c2ccc(S(=O)(=O)O)cc21. The lowest BCUT2D eigenvalue weighted by atomic mass is 9.80. The Kier molecular flexibility index (Phi) is 40.1. The van der Waals surface area contributed by atoms with Crippen molar-refractivity contribution < 1.29 is 145 Å². The van der Waals surface area contributed by atoms with Crippen molar-refractivity contribution in [1.82, 2.24) is 36.4 Å². The molecule has 2 aliphatic heterocycles. The maximum absolute atomic E-state index is 13.1. The van der Waals surface area contributed by atoms with Gasteiger partial charge in [-0.1, -0.05) is 62.4 Å². The number of carbonyl (C=O) groups is 9. The summed E-state index contributed by atoms with van der Waals surface area (Å²) < 4.78 is 151. The molecule has 3 aliphatic rings. The first-order chi connectivity index (χ1) is 63.1. The van der Waals surface area contributed by atoms with Gasteiger partial charge in [-0.25, -0.2) is 14.4 Å². The highest BCUT2D eigenvalue weighted by Gasteiger charge is 2.46. The summed E-state index contributed by atoms with van der Waals surface area (Å²) in [5.74, 6) is -8.24. The number of aromatic hydroxyl groups is 2. The van der Waals surface area contributed by atoms with Crippen molar-refractivity contribution in [3.05, 3.63) is 183 Å². The van der Waals surface area contributed by atoms with Crippen LogP contribution in [-0.4, -0.2) is 264 Å². The number of allylic oxidation sites excluding steroid dienone is 8. The fourth-order valence-electron chi connectivity index (χ4n) is 16.2. The van der Waals surface area contributed by atoms with Crippen LogP contribution in [0.2, 0.25) is 0 Å². The number of amides is 5. The van der Waals surface area contributed by atoms with Gasteiger partial charge in [0.2, 0.25) is 23.4 Å². The lowest BCUT2D eigenvalue weighted by molar-refractivity contribution is -0.438. The van der Waals surface area contributed by atoms with Crippen molar-refractivity contribution in [2.24, 2.45) is 0 Å². The number of carbonyl (C=O) groups excluding carboxylic acids is 4. The van der Waals surface area contributed by atoms with Crippen LogP contribution in [0.5, 0.6) is 11.5 Å². The molecule has 0 fully saturated rings. The molecule has 0 bridgehead atoms. The van der Waals surface area contributed by atoms with Crippen molar-refractivity contribution in [2.75, 3.05) is 96.0 Å². The first kappa shape index (κ1) is 108. The molecule has 43 heteroatoms. The fraction of sp³-hybridized carbons (Fsp3) is 0.473. The molecule has 16 N–H and O–H groups in total. The number of phenols is 2. The molecule has 0 aromatic heterocycles. The number of ether oxygens (including phenoxy) is 2. The Hall–Kier alpha value is -11.4. The minimum atomic E-state index is -4.62. The summed E-state index contributed by atoms with van der Waals surface area (Å²) in [7, 11) is -18.0. The van der Waals surface area contributed by atoms with Gasteiger partial charge in [0.05, 0.1) is 65.4 Å². The summed E-state index contributed by atoms with van der Waals surface area (Å²) in [5.41, 5.74) is 7.77. The average molecular weight is 1950 g/mol. The zero-order valence-corrected chi connectivity index (χ0v) is 78.3. The minimum Gasteiger partial charge on any atom is -0.508 e. The van der Waals surface area contributed by atoms with Gasteiger partial charge in [0.1, 0.15) is 30.1 Å². The number of unbranched alkanes of at least 4 members (excludes halogenated alkanes) is 4. The molecule has 732 valence electrons. The number of urea groups is 1. The van der Waals surface area contributed by atoms with E-state index in [1.54, 1.807) is 48.5 Å². The number of benzene rings is 5. The standard InChI is InChI=1S/C91H119N9O30S4/c1-90(2)71-54-68(133(123,124)125)27-30-75(71)99(79(90)34-23-63-13-12-14-64(70(63)53-62-17-25-67(26-18-62)132(120,121)122)24-35-80-91(3,4)72-55-69(134(126,127)128)28-31-76(72)100(80)43-10-11-50-131(117,118)119)42-9-5-6-16-81(103)93-40-46-129-48-49-130-47-41-94-83(105)37-22-61-20-33-78(102)66(52-61)57-98(59-86(110)111)45-44-97(58-85(108)109)56-65-51-60(19-32-77(65)101)21-36-82(104)92-39-8-7-15-73(87(112)113)95-89(116)96-74(88(114)115)29-38-84(106)107/h17-20,23-28,30-35,51-52,54-55,73-74H,5-16,21-22,29,36-50,53,56-59H2,1-4H3,(H15-,92,93,94,95,96,101,102,103,104,105,106,107,108,109,110,111,112,113,114,115,116,117,118,119,120,121,122,123,124,125,126,127,128)/p+1/t73-,74-/m0/s1. The van der Waals surface area contributed by atoms with Gasteiger partial charge in [0, 0.05) is 130 Å². The van der Waals surface area contributed by atoms with Crippen molar-refractivity contribution in [2.45, 2.75) is 200 Å². The topological polar surface area (TPSA) is 604 Å². The molecule has 5 aromatic rings.